The summed E-state index contributed by atoms with van der Waals surface area (Å²) in [7, 11) is 1.61. The maximum absolute atomic E-state index is 13.0. The van der Waals surface area contributed by atoms with E-state index in [-0.39, 0.29) is 52.8 Å². The summed E-state index contributed by atoms with van der Waals surface area (Å²) in [4.78, 5) is 41.3. The standard InChI is InChI=1S/C41H44N4O9/c1-53-36-21-30(11-10-27(36)23-42-24-35(47)32-12-14-34(46)39-33(32)13-15-37(48)44-39)43-22-26-16-18-45(19-17-26)38(49)25-54-31-9-5-8-29(20-31)41(52,40(50)51)28-6-3-2-4-7-28/h2-15,20-21,26,35,42-43,46-47,52H,16-19,22-25H2,1H3,(H,44,48)(H,50,51)/t35-,41-/m0/s1. The number of nitrogens with zero attached hydrogens (tertiary/aromatic N) is 1. The zero-order chi connectivity index (χ0) is 38.2. The van der Waals surface area contributed by atoms with E-state index in [1.165, 1.54) is 24.3 Å². The number of carboxylic acid groups (broad SMARTS) is 1. The number of aromatic amines is 1. The number of aromatic nitrogens is 1. The molecule has 13 nitrogen and oxygen atoms in total. The summed E-state index contributed by atoms with van der Waals surface area (Å²) in [5, 5.41) is 49.4. The second kappa shape index (κ2) is 16.8. The van der Waals surface area contributed by atoms with Gasteiger partial charge in [-0.15, -0.1) is 0 Å². The molecule has 5 aromatic rings. The molecular formula is C41H44N4O9. The predicted octanol–water partition coefficient (Wildman–Crippen LogP) is 4.12. The third-order valence-corrected chi connectivity index (χ3v) is 9.88. The van der Waals surface area contributed by atoms with Crippen LogP contribution in [0.25, 0.3) is 10.9 Å². The van der Waals surface area contributed by atoms with E-state index < -0.39 is 17.7 Å². The van der Waals surface area contributed by atoms with E-state index in [1.54, 1.807) is 66.6 Å². The second-order valence-electron chi connectivity index (χ2n) is 13.4. The van der Waals surface area contributed by atoms with Gasteiger partial charge in [0.1, 0.15) is 17.2 Å². The molecule has 1 aliphatic rings. The van der Waals surface area contributed by atoms with Gasteiger partial charge in [0.25, 0.3) is 5.91 Å². The van der Waals surface area contributed by atoms with Crippen LogP contribution < -0.4 is 25.7 Å². The third-order valence-electron chi connectivity index (χ3n) is 9.88. The number of carboxylic acids is 1. The van der Waals surface area contributed by atoms with Gasteiger partial charge in [-0.05, 0) is 60.2 Å². The summed E-state index contributed by atoms with van der Waals surface area (Å²) >= 11 is 0. The first-order valence-corrected chi connectivity index (χ1v) is 17.7. The van der Waals surface area contributed by atoms with Gasteiger partial charge in [-0.1, -0.05) is 54.6 Å². The van der Waals surface area contributed by atoms with Gasteiger partial charge in [0.2, 0.25) is 11.2 Å². The number of hydrogen-bond donors (Lipinski definition) is 7. The lowest BCUT2D eigenvalue weighted by Crippen LogP contribution is -2.42. The molecule has 282 valence electrons. The molecule has 6 rings (SSSR count). The number of carbonyl (C=O) groups is 2. The van der Waals surface area contributed by atoms with Crippen LogP contribution >= 0.6 is 0 Å². The molecule has 4 aromatic carbocycles. The van der Waals surface area contributed by atoms with Crippen molar-refractivity contribution in [3.05, 3.63) is 130 Å². The number of H-pyrrole nitrogens is 1. The molecule has 1 aromatic heterocycles. The number of aromatic hydroxyl groups is 1. The number of anilines is 1. The van der Waals surface area contributed by atoms with E-state index in [9.17, 15) is 34.8 Å². The smallest absolute Gasteiger partial charge is 0.345 e. The number of phenols is 1. The number of carbonyl (C=O) groups excluding carboxylic acids is 1. The number of rotatable bonds is 15. The minimum Gasteiger partial charge on any atom is -0.506 e. The summed E-state index contributed by atoms with van der Waals surface area (Å²) < 4.78 is 11.4. The molecule has 1 saturated heterocycles. The van der Waals surface area contributed by atoms with Crippen LogP contribution in [-0.2, 0) is 21.7 Å². The highest BCUT2D eigenvalue weighted by molar-refractivity contribution is 5.87. The molecule has 2 heterocycles. The van der Waals surface area contributed by atoms with Crippen LogP contribution in [0, 0.1) is 5.92 Å². The molecule has 1 aliphatic heterocycles. The molecule has 54 heavy (non-hydrogen) atoms. The third kappa shape index (κ3) is 8.49. The topological polar surface area (TPSA) is 194 Å². The van der Waals surface area contributed by atoms with Crippen LogP contribution in [0.4, 0.5) is 5.69 Å². The van der Waals surface area contributed by atoms with E-state index in [0.717, 1.165) is 30.6 Å². The van der Waals surface area contributed by atoms with Crippen molar-refractivity contribution in [1.82, 2.24) is 15.2 Å². The van der Waals surface area contributed by atoms with Crippen molar-refractivity contribution in [2.45, 2.75) is 31.1 Å². The number of likely N-dealkylation sites (tertiary alicyclic amines) is 1. The number of aliphatic carboxylic acids is 1. The molecule has 1 fully saturated rings. The van der Waals surface area contributed by atoms with Crippen molar-refractivity contribution >= 4 is 28.5 Å². The number of fused-ring (bicyclic) bond motifs is 1. The molecule has 2 atom stereocenters. The van der Waals surface area contributed by atoms with Crippen molar-refractivity contribution in [3.63, 3.8) is 0 Å². The highest BCUT2D eigenvalue weighted by Gasteiger charge is 2.40. The lowest BCUT2D eigenvalue weighted by atomic mass is 9.86. The van der Waals surface area contributed by atoms with Gasteiger partial charge in [0.05, 0.1) is 18.7 Å². The van der Waals surface area contributed by atoms with Crippen molar-refractivity contribution in [2.75, 3.05) is 45.2 Å². The maximum atomic E-state index is 13.0. The Kier molecular flexibility index (Phi) is 11.8. The number of methoxy groups -OCH3 is 1. The zero-order valence-electron chi connectivity index (χ0n) is 29.8. The van der Waals surface area contributed by atoms with Crippen molar-refractivity contribution < 1.29 is 39.5 Å². The minimum absolute atomic E-state index is 0.0620. The number of aliphatic hydroxyl groups excluding tert-OH is 1. The number of amides is 1. The molecule has 13 heteroatoms. The van der Waals surface area contributed by atoms with Crippen LogP contribution in [0.1, 0.15) is 41.2 Å². The normalized spacial score (nSPS) is 15.0. The lowest BCUT2D eigenvalue weighted by molar-refractivity contribution is -0.155. The number of aliphatic hydroxyl groups is 2. The number of ether oxygens (including phenoxy) is 2. The van der Waals surface area contributed by atoms with Crippen LogP contribution in [0.2, 0.25) is 0 Å². The fourth-order valence-electron chi connectivity index (χ4n) is 6.79. The number of pyridine rings is 1. The maximum Gasteiger partial charge on any atom is 0.345 e. The van der Waals surface area contributed by atoms with E-state index >= 15 is 0 Å². The van der Waals surface area contributed by atoms with Gasteiger partial charge in [-0.2, -0.15) is 0 Å². The Bertz CT molecular complexity index is 2150. The highest BCUT2D eigenvalue weighted by Crippen LogP contribution is 2.33. The van der Waals surface area contributed by atoms with E-state index in [2.05, 4.69) is 15.6 Å². The Balaban J connectivity index is 0.954. The highest BCUT2D eigenvalue weighted by atomic mass is 16.5. The van der Waals surface area contributed by atoms with E-state index in [1.807, 2.05) is 18.2 Å². The average molecular weight is 737 g/mol. The lowest BCUT2D eigenvalue weighted by Gasteiger charge is -2.32. The minimum atomic E-state index is -2.27. The van der Waals surface area contributed by atoms with Crippen LogP contribution in [-0.4, -0.2) is 82.1 Å². The summed E-state index contributed by atoms with van der Waals surface area (Å²) in [5.74, 6) is -0.326. The van der Waals surface area contributed by atoms with Crippen LogP contribution in [0.15, 0.2) is 102 Å². The summed E-state index contributed by atoms with van der Waals surface area (Å²) in [6.45, 7) is 2.34. The number of hydrogen-bond acceptors (Lipinski definition) is 10. The second-order valence-corrected chi connectivity index (χ2v) is 13.4. The summed E-state index contributed by atoms with van der Waals surface area (Å²) in [5.41, 5.74) is 0.403. The predicted molar refractivity (Wildman–Crippen MR) is 203 cm³/mol. The van der Waals surface area contributed by atoms with Crippen LogP contribution in [0.5, 0.6) is 17.2 Å². The largest absolute Gasteiger partial charge is 0.506 e. The van der Waals surface area contributed by atoms with Gasteiger partial charge in [0.15, 0.2) is 6.61 Å². The van der Waals surface area contributed by atoms with Crippen LogP contribution in [0.3, 0.4) is 0 Å². The molecule has 0 unspecified atom stereocenters. The van der Waals surface area contributed by atoms with Gasteiger partial charge in [-0.25, -0.2) is 4.79 Å². The number of nitrogens with one attached hydrogen (secondary N) is 3. The molecule has 0 radical (unpaired) electrons. The Morgan fingerprint density at radius 2 is 1.72 bits per heavy atom. The Morgan fingerprint density at radius 3 is 2.46 bits per heavy atom. The number of benzene rings is 4. The SMILES string of the molecule is COc1cc(NCC2CCN(C(=O)COc3cccc([C@](O)(C(=O)O)c4ccccc4)c3)CC2)ccc1CNC[C@H](O)c1ccc(O)c2[nH]c(=O)ccc12. The number of piperidine rings is 1. The fourth-order valence-corrected chi connectivity index (χ4v) is 6.79. The first kappa shape index (κ1) is 37.9. The summed E-state index contributed by atoms with van der Waals surface area (Å²) in [6, 6.07) is 26.2. The quantitative estimate of drug-likeness (QED) is 0.0818. The van der Waals surface area contributed by atoms with Crippen molar-refractivity contribution in [2.24, 2.45) is 5.92 Å². The van der Waals surface area contributed by atoms with Gasteiger partial charge in [0, 0.05) is 67.1 Å². The summed E-state index contributed by atoms with van der Waals surface area (Å²) in [6.07, 6.45) is 0.737. The molecule has 0 spiro atoms. The molecule has 0 aliphatic carbocycles. The molecule has 0 bridgehead atoms. The fraction of sp³-hybridized carbons (Fsp3) is 0.293. The average Bonchev–Trinajstić information content (AvgIpc) is 3.19. The zero-order valence-corrected chi connectivity index (χ0v) is 29.8. The number of phenolic OH excluding ortho intramolecular Hbond substituents is 1. The van der Waals surface area contributed by atoms with Gasteiger partial charge < -0.3 is 50.4 Å². The first-order valence-electron chi connectivity index (χ1n) is 17.7. The van der Waals surface area contributed by atoms with Gasteiger partial charge >= 0.3 is 5.97 Å². The molecule has 1 amide bonds. The molecule has 7 N–H and O–H groups in total. The monoisotopic (exact) mass is 736 g/mol. The van der Waals surface area contributed by atoms with Gasteiger partial charge in [-0.3, -0.25) is 9.59 Å². The molecular weight excluding hydrogens is 692 g/mol. The van der Waals surface area contributed by atoms with Crippen molar-refractivity contribution in [1.29, 1.82) is 0 Å². The Morgan fingerprint density at radius 1 is 0.963 bits per heavy atom. The van der Waals surface area contributed by atoms with E-state index in [4.69, 9.17) is 9.47 Å². The first-order chi connectivity index (χ1) is 26.1. The van der Waals surface area contributed by atoms with Crippen molar-refractivity contribution in [3.8, 4) is 17.2 Å². The molecule has 0 saturated carbocycles. The van der Waals surface area contributed by atoms with E-state index in [0.29, 0.717) is 42.3 Å². The Labute approximate surface area is 311 Å². The Hall–Kier alpha value is -5.89.